The predicted molar refractivity (Wildman–Crippen MR) is 83.0 cm³/mol. The van der Waals surface area contributed by atoms with Crippen LogP contribution in [0.25, 0.3) is 22.6 Å². The first kappa shape index (κ1) is 13.4. The van der Waals surface area contributed by atoms with Gasteiger partial charge in [0.1, 0.15) is 29.5 Å². The molecule has 2 aromatic heterocycles. The van der Waals surface area contributed by atoms with Gasteiger partial charge in [0.25, 0.3) is 0 Å². The summed E-state index contributed by atoms with van der Waals surface area (Å²) in [6.07, 6.45) is 2.20. The van der Waals surface area contributed by atoms with Gasteiger partial charge >= 0.3 is 0 Å². The number of aryl methyl sites for hydroxylation is 1. The number of nitrogens with zero attached hydrogens (tertiary/aromatic N) is 4. The maximum Gasteiger partial charge on any atom is 0.163 e. The first-order chi connectivity index (χ1) is 10.8. The molecular formula is C16H17N5O. The third-order valence-electron chi connectivity index (χ3n) is 4.12. The Morgan fingerprint density at radius 1 is 1.23 bits per heavy atom. The minimum absolute atomic E-state index is 0.0414. The van der Waals surface area contributed by atoms with Gasteiger partial charge in [0, 0.05) is 25.3 Å². The van der Waals surface area contributed by atoms with Gasteiger partial charge in [-0.05, 0) is 6.42 Å². The molecule has 1 aromatic carbocycles. The number of benzene rings is 1. The predicted octanol–water partition coefficient (Wildman–Crippen LogP) is 1.82. The Kier molecular flexibility index (Phi) is 3.13. The van der Waals surface area contributed by atoms with Crippen molar-refractivity contribution in [2.75, 3.05) is 6.61 Å². The summed E-state index contributed by atoms with van der Waals surface area (Å²) in [5, 5.41) is 0. The summed E-state index contributed by atoms with van der Waals surface area (Å²) in [5.74, 6) is 0.865. The highest BCUT2D eigenvalue weighted by molar-refractivity contribution is 5.79. The Hall–Kier alpha value is -2.31. The van der Waals surface area contributed by atoms with Crippen LogP contribution in [0.5, 0.6) is 0 Å². The fourth-order valence-electron chi connectivity index (χ4n) is 2.96. The van der Waals surface area contributed by atoms with Gasteiger partial charge in [0.2, 0.25) is 0 Å². The average molecular weight is 295 g/mol. The van der Waals surface area contributed by atoms with E-state index < -0.39 is 0 Å². The second kappa shape index (κ2) is 5.15. The van der Waals surface area contributed by atoms with E-state index in [0.29, 0.717) is 6.61 Å². The molecule has 3 heterocycles. The van der Waals surface area contributed by atoms with E-state index in [4.69, 9.17) is 15.5 Å². The summed E-state index contributed by atoms with van der Waals surface area (Å²) < 4.78 is 7.73. The van der Waals surface area contributed by atoms with E-state index >= 15 is 0 Å². The second-order valence-electron chi connectivity index (χ2n) is 5.54. The van der Waals surface area contributed by atoms with Crippen LogP contribution in [-0.4, -0.2) is 32.2 Å². The number of hydrogen-bond acceptors (Lipinski definition) is 5. The highest BCUT2D eigenvalue weighted by atomic mass is 16.5. The van der Waals surface area contributed by atoms with Crippen LogP contribution in [0.3, 0.4) is 0 Å². The molecule has 22 heavy (non-hydrogen) atoms. The minimum Gasteiger partial charge on any atom is -0.370 e. The van der Waals surface area contributed by atoms with Gasteiger partial charge < -0.3 is 15.0 Å². The first-order valence-electron chi connectivity index (χ1n) is 7.35. The molecule has 4 rings (SSSR count). The smallest absolute Gasteiger partial charge is 0.163 e. The highest BCUT2D eigenvalue weighted by Gasteiger charge is 2.30. The van der Waals surface area contributed by atoms with Crippen molar-refractivity contribution in [2.45, 2.75) is 18.6 Å². The molecule has 1 saturated heterocycles. The summed E-state index contributed by atoms with van der Waals surface area (Å²) in [5.41, 5.74) is 9.54. The number of fused-ring (bicyclic) bond motifs is 1. The van der Waals surface area contributed by atoms with Crippen molar-refractivity contribution in [3.8, 4) is 11.4 Å². The molecule has 0 amide bonds. The molecule has 0 aliphatic carbocycles. The third-order valence-corrected chi connectivity index (χ3v) is 4.12. The monoisotopic (exact) mass is 295 g/mol. The van der Waals surface area contributed by atoms with Crippen LogP contribution in [0, 0.1) is 0 Å². The van der Waals surface area contributed by atoms with Crippen molar-refractivity contribution in [1.29, 1.82) is 0 Å². The molecule has 0 spiro atoms. The molecule has 2 atom stereocenters. The average Bonchev–Trinajstić information content (AvgIpc) is 3.12. The van der Waals surface area contributed by atoms with Crippen LogP contribution in [-0.2, 0) is 11.8 Å². The quantitative estimate of drug-likeness (QED) is 0.780. The maximum absolute atomic E-state index is 6.14. The fourth-order valence-corrected chi connectivity index (χ4v) is 2.96. The summed E-state index contributed by atoms with van der Waals surface area (Å²) in [7, 11) is 1.96. The highest BCUT2D eigenvalue weighted by Crippen LogP contribution is 2.32. The van der Waals surface area contributed by atoms with E-state index in [1.54, 1.807) is 6.33 Å². The lowest BCUT2D eigenvalue weighted by molar-refractivity contribution is 0.103. The minimum atomic E-state index is -0.205. The molecule has 1 fully saturated rings. The van der Waals surface area contributed by atoms with Crippen molar-refractivity contribution in [1.82, 2.24) is 19.5 Å². The van der Waals surface area contributed by atoms with E-state index in [2.05, 4.69) is 9.97 Å². The van der Waals surface area contributed by atoms with E-state index in [0.717, 1.165) is 34.7 Å². The van der Waals surface area contributed by atoms with Crippen LogP contribution in [0.1, 0.15) is 18.2 Å². The molecule has 6 heteroatoms. The largest absolute Gasteiger partial charge is 0.370 e. The van der Waals surface area contributed by atoms with E-state index in [-0.39, 0.29) is 12.1 Å². The van der Waals surface area contributed by atoms with E-state index in [1.807, 2.05) is 41.9 Å². The summed E-state index contributed by atoms with van der Waals surface area (Å²) >= 11 is 0. The molecule has 2 N–H and O–H groups in total. The third kappa shape index (κ3) is 2.00. The molecule has 0 saturated carbocycles. The number of nitrogens with two attached hydrogens (primary N) is 1. The van der Waals surface area contributed by atoms with Gasteiger partial charge in [0.15, 0.2) is 5.65 Å². The molecule has 0 radical (unpaired) electrons. The first-order valence-corrected chi connectivity index (χ1v) is 7.35. The Morgan fingerprint density at radius 2 is 2.05 bits per heavy atom. The summed E-state index contributed by atoms with van der Waals surface area (Å²) in [6, 6.07) is 10.0. The van der Waals surface area contributed by atoms with Gasteiger partial charge in [-0.15, -0.1) is 0 Å². The standard InChI is InChI=1S/C16H17N5O/c1-21-15(10-5-3-2-4-6-10)20-13-12(18-9-19-16(13)21)14-11(17)7-8-22-14/h2-6,9,11,14H,7-8,17H2,1H3. The fraction of sp³-hybridized carbons (Fsp3) is 0.312. The van der Waals surface area contributed by atoms with Gasteiger partial charge in [0.05, 0.1) is 0 Å². The van der Waals surface area contributed by atoms with Crippen LogP contribution >= 0.6 is 0 Å². The van der Waals surface area contributed by atoms with Crippen molar-refractivity contribution in [3.05, 3.63) is 42.4 Å². The lowest BCUT2D eigenvalue weighted by Crippen LogP contribution is -2.24. The molecule has 0 bridgehead atoms. The van der Waals surface area contributed by atoms with Crippen LogP contribution < -0.4 is 5.73 Å². The summed E-state index contributed by atoms with van der Waals surface area (Å²) in [6.45, 7) is 0.662. The molecule has 1 aliphatic heterocycles. The number of hydrogen-bond donors (Lipinski definition) is 1. The van der Waals surface area contributed by atoms with Crippen molar-refractivity contribution < 1.29 is 4.74 Å². The lowest BCUT2D eigenvalue weighted by atomic mass is 10.1. The number of ether oxygens (including phenoxy) is 1. The molecule has 1 aliphatic rings. The second-order valence-corrected chi connectivity index (χ2v) is 5.54. The molecule has 112 valence electrons. The van der Waals surface area contributed by atoms with Crippen LogP contribution in [0.15, 0.2) is 36.7 Å². The van der Waals surface area contributed by atoms with Gasteiger partial charge in [-0.1, -0.05) is 30.3 Å². The van der Waals surface area contributed by atoms with E-state index in [9.17, 15) is 0 Å². The maximum atomic E-state index is 6.14. The van der Waals surface area contributed by atoms with Crippen molar-refractivity contribution >= 4 is 11.2 Å². The topological polar surface area (TPSA) is 78.9 Å². The molecule has 3 aromatic rings. The number of rotatable bonds is 2. The van der Waals surface area contributed by atoms with Crippen LogP contribution in [0.4, 0.5) is 0 Å². The zero-order valence-electron chi connectivity index (χ0n) is 12.3. The Labute approximate surface area is 128 Å². The normalized spacial score (nSPS) is 21.5. The number of aromatic nitrogens is 4. The molecular weight excluding hydrogens is 278 g/mol. The van der Waals surface area contributed by atoms with Crippen LogP contribution in [0.2, 0.25) is 0 Å². The zero-order valence-corrected chi connectivity index (χ0v) is 12.3. The number of imidazole rings is 1. The van der Waals surface area contributed by atoms with Crippen molar-refractivity contribution in [2.24, 2.45) is 12.8 Å². The Morgan fingerprint density at radius 3 is 2.77 bits per heavy atom. The zero-order chi connectivity index (χ0) is 15.1. The van der Waals surface area contributed by atoms with E-state index in [1.165, 1.54) is 0 Å². The summed E-state index contributed by atoms with van der Waals surface area (Å²) in [4.78, 5) is 13.5. The molecule has 6 nitrogen and oxygen atoms in total. The van der Waals surface area contributed by atoms with Gasteiger partial charge in [-0.2, -0.15) is 0 Å². The Balaban J connectivity index is 1.91. The van der Waals surface area contributed by atoms with Gasteiger partial charge in [-0.3, -0.25) is 0 Å². The van der Waals surface area contributed by atoms with Gasteiger partial charge in [-0.25, -0.2) is 15.0 Å². The Bertz CT molecular complexity index is 814. The molecule has 2 unspecified atom stereocenters. The lowest BCUT2D eigenvalue weighted by Gasteiger charge is -2.13. The SMILES string of the molecule is Cn1c(-c2ccccc2)nc2c(C3OCCC3N)ncnc21. The van der Waals surface area contributed by atoms with Crippen molar-refractivity contribution in [3.63, 3.8) is 0 Å².